The van der Waals surface area contributed by atoms with E-state index in [1.54, 1.807) is 0 Å². The molecule has 0 amide bonds. The second kappa shape index (κ2) is 2.73. The third-order valence-electron chi connectivity index (χ3n) is 0.850. The Morgan fingerprint density at radius 3 is 3.11 bits per heavy atom. The van der Waals surface area contributed by atoms with Crippen LogP contribution in [0.3, 0.4) is 0 Å². The van der Waals surface area contributed by atoms with E-state index in [1.807, 2.05) is 6.92 Å². The van der Waals surface area contributed by atoms with Crippen LogP contribution in [0.15, 0.2) is 6.20 Å². The Bertz CT molecular complexity index is 187. The maximum atomic E-state index is 5.60. The highest BCUT2D eigenvalue weighted by Crippen LogP contribution is 2.18. The zero-order valence-electron chi connectivity index (χ0n) is 5.02. The summed E-state index contributed by atoms with van der Waals surface area (Å²) in [7, 11) is 0. The van der Waals surface area contributed by atoms with Gasteiger partial charge in [0.1, 0.15) is 5.02 Å². The lowest BCUT2D eigenvalue weighted by atomic mass is 10.7. The van der Waals surface area contributed by atoms with E-state index in [1.165, 1.54) is 6.20 Å². The second-order valence-electron chi connectivity index (χ2n) is 1.48. The van der Waals surface area contributed by atoms with Crippen LogP contribution in [0, 0.1) is 0 Å². The molecule has 1 heterocycles. The lowest BCUT2D eigenvalue weighted by molar-refractivity contribution is 0.326. The molecule has 0 saturated heterocycles. The number of nitrogens with one attached hydrogen (secondary N) is 1. The van der Waals surface area contributed by atoms with E-state index in [0.717, 1.165) is 0 Å². The highest BCUT2D eigenvalue weighted by molar-refractivity contribution is 6.31. The number of hydrogen-bond acceptors (Lipinski definition) is 2. The van der Waals surface area contributed by atoms with Gasteiger partial charge in [0.05, 0.1) is 12.8 Å². The van der Waals surface area contributed by atoms with Crippen molar-refractivity contribution in [3.8, 4) is 5.88 Å². The summed E-state index contributed by atoms with van der Waals surface area (Å²) >= 11 is 5.60. The lowest BCUT2D eigenvalue weighted by Crippen LogP contribution is -1.91. The van der Waals surface area contributed by atoms with Crippen molar-refractivity contribution in [2.45, 2.75) is 6.92 Å². The van der Waals surface area contributed by atoms with Crippen molar-refractivity contribution >= 4 is 11.6 Å². The van der Waals surface area contributed by atoms with Crippen LogP contribution in [-0.4, -0.2) is 16.8 Å². The van der Waals surface area contributed by atoms with E-state index in [-0.39, 0.29) is 0 Å². The quantitative estimate of drug-likeness (QED) is 0.686. The molecule has 0 aliphatic heterocycles. The van der Waals surface area contributed by atoms with Gasteiger partial charge in [-0.25, -0.2) is 5.10 Å². The number of ether oxygens (including phenoxy) is 1. The summed E-state index contributed by atoms with van der Waals surface area (Å²) in [6.07, 6.45) is 1.51. The molecule has 1 aromatic heterocycles. The number of halogens is 1. The summed E-state index contributed by atoms with van der Waals surface area (Å²) in [6, 6.07) is 0. The summed E-state index contributed by atoms with van der Waals surface area (Å²) in [4.78, 5) is 0. The topological polar surface area (TPSA) is 37.9 Å². The fraction of sp³-hybridized carbons (Fsp3) is 0.400. The van der Waals surface area contributed by atoms with Gasteiger partial charge in [0.2, 0.25) is 5.88 Å². The molecule has 50 valence electrons. The number of hydrogen-bond donors (Lipinski definition) is 1. The molecule has 0 bridgehead atoms. The monoisotopic (exact) mass is 146 g/mol. The number of aromatic amines is 1. The first-order valence-electron chi connectivity index (χ1n) is 2.66. The highest BCUT2D eigenvalue weighted by Gasteiger charge is 1.99. The zero-order valence-corrected chi connectivity index (χ0v) is 5.77. The van der Waals surface area contributed by atoms with Crippen LogP contribution in [0.25, 0.3) is 0 Å². The second-order valence-corrected chi connectivity index (χ2v) is 1.89. The summed E-state index contributed by atoms with van der Waals surface area (Å²) in [6.45, 7) is 2.49. The Balaban J connectivity index is 2.69. The van der Waals surface area contributed by atoms with Gasteiger partial charge < -0.3 is 4.74 Å². The normalized spacial score (nSPS) is 9.56. The predicted molar refractivity (Wildman–Crippen MR) is 34.8 cm³/mol. The molecule has 0 aliphatic rings. The predicted octanol–water partition coefficient (Wildman–Crippen LogP) is 1.46. The van der Waals surface area contributed by atoms with E-state index in [4.69, 9.17) is 16.3 Å². The van der Waals surface area contributed by atoms with Crippen LogP contribution in [0.4, 0.5) is 0 Å². The summed E-state index contributed by atoms with van der Waals surface area (Å²) in [5.74, 6) is 0.541. The molecule has 3 nitrogen and oxygen atoms in total. The fourth-order valence-corrected chi connectivity index (χ4v) is 0.651. The molecule has 4 heteroatoms. The molecule has 0 aliphatic carbocycles. The van der Waals surface area contributed by atoms with Gasteiger partial charge >= 0.3 is 0 Å². The van der Waals surface area contributed by atoms with E-state index in [0.29, 0.717) is 17.5 Å². The number of nitrogens with zero attached hydrogens (tertiary/aromatic N) is 1. The van der Waals surface area contributed by atoms with Crippen molar-refractivity contribution in [3.63, 3.8) is 0 Å². The molecule has 0 saturated carbocycles. The van der Waals surface area contributed by atoms with Crippen LogP contribution in [-0.2, 0) is 0 Å². The minimum Gasteiger partial charge on any atom is -0.477 e. The third kappa shape index (κ3) is 1.36. The zero-order chi connectivity index (χ0) is 6.69. The molecule has 0 radical (unpaired) electrons. The highest BCUT2D eigenvalue weighted by atomic mass is 35.5. The Hall–Kier alpha value is -0.700. The molecule has 0 atom stereocenters. The maximum Gasteiger partial charge on any atom is 0.228 e. The summed E-state index contributed by atoms with van der Waals surface area (Å²) in [5, 5.41) is 6.79. The average molecular weight is 147 g/mol. The lowest BCUT2D eigenvalue weighted by Gasteiger charge is -1.95. The van der Waals surface area contributed by atoms with Crippen molar-refractivity contribution in [3.05, 3.63) is 11.2 Å². The van der Waals surface area contributed by atoms with Crippen LogP contribution in [0.1, 0.15) is 6.92 Å². The van der Waals surface area contributed by atoms with Gasteiger partial charge in [0.15, 0.2) is 0 Å². The Labute approximate surface area is 58.0 Å². The molecular formula is C5H7ClN2O. The molecular weight excluding hydrogens is 140 g/mol. The number of aromatic nitrogens is 2. The SMILES string of the molecule is CCOc1[nH]ncc1Cl. The van der Waals surface area contributed by atoms with Crippen molar-refractivity contribution in [1.82, 2.24) is 10.2 Å². The van der Waals surface area contributed by atoms with Gasteiger partial charge in [0.25, 0.3) is 0 Å². The third-order valence-corrected chi connectivity index (χ3v) is 1.12. The Kier molecular flexibility index (Phi) is 1.95. The van der Waals surface area contributed by atoms with Crippen LogP contribution in [0.5, 0.6) is 5.88 Å². The van der Waals surface area contributed by atoms with Crippen molar-refractivity contribution in [2.24, 2.45) is 0 Å². The Morgan fingerprint density at radius 2 is 2.67 bits per heavy atom. The maximum absolute atomic E-state index is 5.60. The van der Waals surface area contributed by atoms with Crippen molar-refractivity contribution in [2.75, 3.05) is 6.61 Å². The van der Waals surface area contributed by atoms with Crippen molar-refractivity contribution in [1.29, 1.82) is 0 Å². The summed E-state index contributed by atoms with van der Waals surface area (Å²) < 4.78 is 5.03. The molecule has 0 spiro atoms. The number of rotatable bonds is 2. The van der Waals surface area contributed by atoms with E-state index >= 15 is 0 Å². The molecule has 1 N–H and O–H groups in total. The van der Waals surface area contributed by atoms with E-state index in [9.17, 15) is 0 Å². The number of H-pyrrole nitrogens is 1. The van der Waals surface area contributed by atoms with Gasteiger partial charge in [-0.3, -0.25) is 0 Å². The van der Waals surface area contributed by atoms with Gasteiger partial charge in [-0.15, -0.1) is 0 Å². The van der Waals surface area contributed by atoms with E-state index < -0.39 is 0 Å². The van der Waals surface area contributed by atoms with E-state index in [2.05, 4.69) is 10.2 Å². The first-order valence-corrected chi connectivity index (χ1v) is 3.04. The standard InChI is InChI=1S/C5H7ClN2O/c1-2-9-5-4(6)3-7-8-5/h3H,2H2,1H3,(H,7,8). The molecule has 9 heavy (non-hydrogen) atoms. The van der Waals surface area contributed by atoms with Gasteiger partial charge in [-0.05, 0) is 6.92 Å². The van der Waals surface area contributed by atoms with Gasteiger partial charge in [-0.1, -0.05) is 11.6 Å². The first-order chi connectivity index (χ1) is 4.34. The molecule has 1 aromatic rings. The van der Waals surface area contributed by atoms with Gasteiger partial charge in [-0.2, -0.15) is 5.10 Å². The molecule has 0 unspecified atom stereocenters. The molecule has 0 fully saturated rings. The molecule has 0 aromatic carbocycles. The van der Waals surface area contributed by atoms with Crippen molar-refractivity contribution < 1.29 is 4.74 Å². The minimum absolute atomic E-state index is 0.525. The first kappa shape index (κ1) is 6.42. The van der Waals surface area contributed by atoms with Crippen LogP contribution in [0.2, 0.25) is 5.02 Å². The largest absolute Gasteiger partial charge is 0.477 e. The summed E-state index contributed by atoms with van der Waals surface area (Å²) in [5.41, 5.74) is 0. The fourth-order valence-electron chi connectivity index (χ4n) is 0.505. The van der Waals surface area contributed by atoms with Crippen LogP contribution < -0.4 is 4.74 Å². The molecule has 1 rings (SSSR count). The average Bonchev–Trinajstić information content (AvgIpc) is 2.18. The Morgan fingerprint density at radius 1 is 1.89 bits per heavy atom. The van der Waals surface area contributed by atoms with Gasteiger partial charge in [0, 0.05) is 0 Å². The minimum atomic E-state index is 0.525. The van der Waals surface area contributed by atoms with Crippen LogP contribution >= 0.6 is 11.6 Å². The smallest absolute Gasteiger partial charge is 0.228 e.